The van der Waals surface area contributed by atoms with E-state index in [-0.39, 0.29) is 11.9 Å². The van der Waals surface area contributed by atoms with Crippen molar-refractivity contribution in [3.8, 4) is 0 Å². The average molecular weight is 255 g/mol. The molecular weight excluding hydrogens is 238 g/mol. The lowest BCUT2D eigenvalue weighted by atomic mass is 10.1. The molecule has 1 aromatic heterocycles. The Balaban J connectivity index is 1.73. The van der Waals surface area contributed by atoms with Crippen LogP contribution in [0.25, 0.3) is 0 Å². The number of hydrogen-bond acceptors (Lipinski definition) is 2. The summed E-state index contributed by atoms with van der Waals surface area (Å²) in [6.07, 6.45) is 6.98. The molecule has 4 nitrogen and oxygen atoms in total. The number of fused-ring (bicyclic) bond motifs is 1. The average Bonchev–Trinajstić information content (AvgIpc) is 3.08. The van der Waals surface area contributed by atoms with Gasteiger partial charge in [0, 0.05) is 18.1 Å². The van der Waals surface area contributed by atoms with Gasteiger partial charge in [0.1, 0.15) is 6.04 Å². The molecule has 1 aliphatic rings. The van der Waals surface area contributed by atoms with E-state index in [1.54, 1.807) is 17.1 Å². The molecule has 1 aliphatic carbocycles. The molecule has 0 fully saturated rings. The van der Waals surface area contributed by atoms with Crippen molar-refractivity contribution >= 4 is 11.6 Å². The van der Waals surface area contributed by atoms with Crippen molar-refractivity contribution < 1.29 is 4.79 Å². The first-order valence-corrected chi connectivity index (χ1v) is 6.66. The molecule has 0 spiro atoms. The van der Waals surface area contributed by atoms with Crippen molar-refractivity contribution in [1.29, 1.82) is 0 Å². The van der Waals surface area contributed by atoms with Crippen LogP contribution in [0.5, 0.6) is 0 Å². The molecule has 1 amide bonds. The highest BCUT2D eigenvalue weighted by molar-refractivity contribution is 5.93. The minimum atomic E-state index is -0.303. The number of rotatable bonds is 3. The van der Waals surface area contributed by atoms with Crippen molar-refractivity contribution in [1.82, 2.24) is 9.78 Å². The molecule has 0 bridgehead atoms. The first-order chi connectivity index (χ1) is 9.24. The zero-order valence-electron chi connectivity index (χ0n) is 11.0. The standard InChI is InChI=1S/C15H17N3O/c1-11(18-9-3-8-16-18)15(19)17-14-7-6-12-4-2-5-13(12)10-14/h3,6-11H,2,4-5H2,1H3,(H,17,19). The van der Waals surface area contributed by atoms with Gasteiger partial charge in [-0.05, 0) is 55.5 Å². The quantitative estimate of drug-likeness (QED) is 0.916. The summed E-state index contributed by atoms with van der Waals surface area (Å²) in [6, 6.07) is 7.71. The molecule has 1 unspecified atom stereocenters. The summed E-state index contributed by atoms with van der Waals surface area (Å²) in [5, 5.41) is 7.05. The van der Waals surface area contributed by atoms with Crippen LogP contribution in [0.3, 0.4) is 0 Å². The topological polar surface area (TPSA) is 46.9 Å². The van der Waals surface area contributed by atoms with Gasteiger partial charge in [0.05, 0.1) is 0 Å². The Labute approximate surface area is 112 Å². The minimum Gasteiger partial charge on any atom is -0.324 e. The lowest BCUT2D eigenvalue weighted by molar-refractivity contribution is -0.119. The SMILES string of the molecule is CC(C(=O)Nc1ccc2c(c1)CCC2)n1cccn1. The first kappa shape index (κ1) is 12.0. The van der Waals surface area contributed by atoms with Crippen LogP contribution in [-0.2, 0) is 17.6 Å². The van der Waals surface area contributed by atoms with E-state index in [1.807, 2.05) is 19.1 Å². The van der Waals surface area contributed by atoms with Gasteiger partial charge in [0.15, 0.2) is 0 Å². The molecule has 1 aromatic carbocycles. The summed E-state index contributed by atoms with van der Waals surface area (Å²) >= 11 is 0. The molecule has 4 heteroatoms. The molecular formula is C15H17N3O. The third kappa shape index (κ3) is 2.38. The maximum absolute atomic E-state index is 12.1. The predicted octanol–water partition coefficient (Wildman–Crippen LogP) is 2.57. The number of anilines is 1. The lowest BCUT2D eigenvalue weighted by Gasteiger charge is -2.13. The van der Waals surface area contributed by atoms with Gasteiger partial charge in [-0.3, -0.25) is 9.48 Å². The lowest BCUT2D eigenvalue weighted by Crippen LogP contribution is -2.24. The first-order valence-electron chi connectivity index (χ1n) is 6.66. The second-order valence-corrected chi connectivity index (χ2v) is 4.99. The van der Waals surface area contributed by atoms with E-state index in [2.05, 4.69) is 22.5 Å². The van der Waals surface area contributed by atoms with Crippen LogP contribution in [0.15, 0.2) is 36.7 Å². The number of carbonyl (C=O) groups is 1. The third-order valence-electron chi connectivity index (χ3n) is 3.67. The van der Waals surface area contributed by atoms with Crippen LogP contribution < -0.4 is 5.32 Å². The van der Waals surface area contributed by atoms with Gasteiger partial charge in [0.25, 0.3) is 0 Å². The molecule has 0 saturated heterocycles. The zero-order chi connectivity index (χ0) is 13.2. The number of carbonyl (C=O) groups excluding carboxylic acids is 1. The largest absolute Gasteiger partial charge is 0.324 e. The Morgan fingerprint density at radius 1 is 1.37 bits per heavy atom. The number of nitrogens with one attached hydrogen (secondary N) is 1. The summed E-state index contributed by atoms with van der Waals surface area (Å²) in [6.45, 7) is 1.84. The monoisotopic (exact) mass is 255 g/mol. The van der Waals surface area contributed by atoms with E-state index in [0.29, 0.717) is 0 Å². The van der Waals surface area contributed by atoms with E-state index in [4.69, 9.17) is 0 Å². The van der Waals surface area contributed by atoms with Crippen LogP contribution in [0, 0.1) is 0 Å². The Kier molecular flexibility index (Phi) is 3.07. The van der Waals surface area contributed by atoms with E-state index in [1.165, 1.54) is 17.5 Å². The van der Waals surface area contributed by atoms with Crippen molar-refractivity contribution in [2.75, 3.05) is 5.32 Å². The number of aromatic nitrogens is 2. The Morgan fingerprint density at radius 2 is 2.21 bits per heavy atom. The number of nitrogens with zero attached hydrogens (tertiary/aromatic N) is 2. The van der Waals surface area contributed by atoms with Crippen LogP contribution in [0.2, 0.25) is 0 Å². The second-order valence-electron chi connectivity index (χ2n) is 4.99. The Morgan fingerprint density at radius 3 is 3.00 bits per heavy atom. The molecule has 2 aromatic rings. The fraction of sp³-hybridized carbons (Fsp3) is 0.333. The van der Waals surface area contributed by atoms with Gasteiger partial charge in [0.2, 0.25) is 5.91 Å². The highest BCUT2D eigenvalue weighted by Crippen LogP contribution is 2.25. The molecule has 0 aliphatic heterocycles. The van der Waals surface area contributed by atoms with Crippen molar-refractivity contribution in [3.05, 3.63) is 47.8 Å². The van der Waals surface area contributed by atoms with Gasteiger partial charge < -0.3 is 5.32 Å². The van der Waals surface area contributed by atoms with Gasteiger partial charge in [-0.1, -0.05) is 6.07 Å². The van der Waals surface area contributed by atoms with Crippen LogP contribution >= 0.6 is 0 Å². The van der Waals surface area contributed by atoms with E-state index in [0.717, 1.165) is 18.5 Å². The summed E-state index contributed by atoms with van der Waals surface area (Å²) in [7, 11) is 0. The van der Waals surface area contributed by atoms with E-state index >= 15 is 0 Å². The number of amides is 1. The normalized spacial score (nSPS) is 15.0. The molecule has 0 saturated carbocycles. The predicted molar refractivity (Wildman–Crippen MR) is 74.0 cm³/mol. The maximum Gasteiger partial charge on any atom is 0.248 e. The van der Waals surface area contributed by atoms with Crippen molar-refractivity contribution in [2.45, 2.75) is 32.2 Å². The van der Waals surface area contributed by atoms with Crippen molar-refractivity contribution in [2.24, 2.45) is 0 Å². The van der Waals surface area contributed by atoms with Gasteiger partial charge in [-0.2, -0.15) is 5.10 Å². The van der Waals surface area contributed by atoms with Gasteiger partial charge in [-0.25, -0.2) is 0 Å². The molecule has 19 heavy (non-hydrogen) atoms. The number of benzene rings is 1. The van der Waals surface area contributed by atoms with Gasteiger partial charge >= 0.3 is 0 Å². The highest BCUT2D eigenvalue weighted by Gasteiger charge is 2.16. The number of hydrogen-bond donors (Lipinski definition) is 1. The summed E-state index contributed by atoms with van der Waals surface area (Å²) in [5.74, 6) is -0.0401. The molecule has 98 valence electrons. The molecule has 1 N–H and O–H groups in total. The summed E-state index contributed by atoms with van der Waals surface area (Å²) in [5.41, 5.74) is 3.66. The highest BCUT2D eigenvalue weighted by atomic mass is 16.2. The van der Waals surface area contributed by atoms with Crippen LogP contribution in [-0.4, -0.2) is 15.7 Å². The number of aryl methyl sites for hydroxylation is 2. The fourth-order valence-electron chi connectivity index (χ4n) is 2.53. The smallest absolute Gasteiger partial charge is 0.248 e. The summed E-state index contributed by atoms with van der Waals surface area (Å²) < 4.78 is 1.66. The van der Waals surface area contributed by atoms with E-state index in [9.17, 15) is 4.79 Å². The summed E-state index contributed by atoms with van der Waals surface area (Å²) in [4.78, 5) is 12.1. The van der Waals surface area contributed by atoms with Crippen molar-refractivity contribution in [3.63, 3.8) is 0 Å². The van der Waals surface area contributed by atoms with Crippen LogP contribution in [0.1, 0.15) is 30.5 Å². The third-order valence-corrected chi connectivity index (χ3v) is 3.67. The molecule has 0 radical (unpaired) electrons. The van der Waals surface area contributed by atoms with Crippen LogP contribution in [0.4, 0.5) is 5.69 Å². The molecule has 1 heterocycles. The second kappa shape index (κ2) is 4.88. The fourth-order valence-corrected chi connectivity index (χ4v) is 2.53. The zero-order valence-corrected chi connectivity index (χ0v) is 11.0. The maximum atomic E-state index is 12.1. The Bertz CT molecular complexity index is 589. The molecule has 3 rings (SSSR count). The van der Waals surface area contributed by atoms with E-state index < -0.39 is 0 Å². The van der Waals surface area contributed by atoms with Gasteiger partial charge in [-0.15, -0.1) is 0 Å². The minimum absolute atomic E-state index is 0.0401. The molecule has 1 atom stereocenters. The Hall–Kier alpha value is -2.10.